The maximum Gasteiger partial charge on any atom is 0.266 e. The molecule has 0 aliphatic heterocycles. The van der Waals surface area contributed by atoms with Crippen LogP contribution in [0.5, 0.6) is 11.5 Å². The van der Waals surface area contributed by atoms with Gasteiger partial charge in [-0.25, -0.2) is 4.98 Å². The van der Waals surface area contributed by atoms with Crippen LogP contribution >= 0.6 is 11.8 Å². The minimum Gasteiger partial charge on any atom is -0.455 e. The summed E-state index contributed by atoms with van der Waals surface area (Å²) in [5.74, 6) is 1.26. The smallest absolute Gasteiger partial charge is 0.266 e. The molecule has 1 amide bonds. The highest BCUT2D eigenvalue weighted by Gasteiger charge is 2.18. The number of ether oxygens (including phenoxy) is 1. The summed E-state index contributed by atoms with van der Waals surface area (Å²) in [6.07, 6.45) is 0. The second-order valence-electron chi connectivity index (χ2n) is 9.01. The Morgan fingerprint density at radius 2 is 1.58 bits per heavy atom. The van der Waals surface area contributed by atoms with E-state index in [0.29, 0.717) is 33.2 Å². The number of fused-ring (bicyclic) bond motifs is 1. The zero-order valence-corrected chi connectivity index (χ0v) is 21.9. The van der Waals surface area contributed by atoms with Gasteiger partial charge in [0.25, 0.3) is 5.56 Å². The highest BCUT2D eigenvalue weighted by Crippen LogP contribution is 2.30. The van der Waals surface area contributed by atoms with E-state index in [9.17, 15) is 9.59 Å². The molecule has 0 aliphatic carbocycles. The number of rotatable bonds is 8. The van der Waals surface area contributed by atoms with E-state index >= 15 is 0 Å². The fraction of sp³-hybridized carbons (Fsp3) is 0.129. The number of aromatic nitrogens is 2. The van der Waals surface area contributed by atoms with Crippen molar-refractivity contribution in [2.75, 3.05) is 11.1 Å². The fourth-order valence-electron chi connectivity index (χ4n) is 4.19. The molecule has 6 nitrogen and oxygen atoms in total. The van der Waals surface area contributed by atoms with Gasteiger partial charge in [-0.3, -0.25) is 14.2 Å². The summed E-state index contributed by atoms with van der Waals surface area (Å²) in [6.45, 7) is 4.18. The molecule has 5 rings (SSSR count). The van der Waals surface area contributed by atoms with Gasteiger partial charge in [-0.1, -0.05) is 86.3 Å². The van der Waals surface area contributed by atoms with Crippen molar-refractivity contribution in [3.8, 4) is 17.2 Å². The molecule has 0 fully saturated rings. The first-order valence-corrected chi connectivity index (χ1v) is 13.4. The van der Waals surface area contributed by atoms with Crippen molar-refractivity contribution < 1.29 is 9.53 Å². The molecule has 5 aromatic rings. The lowest BCUT2D eigenvalue weighted by molar-refractivity contribution is -0.113. The van der Waals surface area contributed by atoms with Crippen LogP contribution in [0.4, 0.5) is 5.69 Å². The van der Waals surface area contributed by atoms with Crippen molar-refractivity contribution in [3.63, 3.8) is 0 Å². The number of hydrogen-bond acceptors (Lipinski definition) is 5. The van der Waals surface area contributed by atoms with E-state index in [1.165, 1.54) is 11.8 Å². The first kappa shape index (κ1) is 25.3. The van der Waals surface area contributed by atoms with Gasteiger partial charge >= 0.3 is 0 Å². The van der Waals surface area contributed by atoms with Gasteiger partial charge in [0.05, 0.1) is 28.0 Å². The van der Waals surface area contributed by atoms with E-state index in [1.54, 1.807) is 22.8 Å². The number of amides is 1. The monoisotopic (exact) mass is 521 g/mol. The van der Waals surface area contributed by atoms with Gasteiger partial charge in [0.15, 0.2) is 10.9 Å². The van der Waals surface area contributed by atoms with E-state index < -0.39 is 0 Å². The first-order valence-electron chi connectivity index (χ1n) is 12.4. The third-order valence-corrected chi connectivity index (χ3v) is 6.95. The number of hydrogen-bond donors (Lipinski definition) is 1. The molecule has 0 spiro atoms. The van der Waals surface area contributed by atoms with Crippen LogP contribution in [-0.4, -0.2) is 21.2 Å². The normalized spacial score (nSPS) is 11.0. The molecule has 7 heteroatoms. The van der Waals surface area contributed by atoms with Crippen LogP contribution in [0.15, 0.2) is 113 Å². The third kappa shape index (κ3) is 5.48. The Balaban J connectivity index is 1.44. The molecule has 1 aromatic heterocycles. The molecule has 1 heterocycles. The Bertz CT molecular complexity index is 1650. The van der Waals surface area contributed by atoms with Crippen LogP contribution < -0.4 is 15.6 Å². The molecule has 190 valence electrons. The van der Waals surface area contributed by atoms with Crippen molar-refractivity contribution in [2.45, 2.75) is 24.9 Å². The fourth-order valence-corrected chi connectivity index (χ4v) is 5.00. The van der Waals surface area contributed by atoms with E-state index in [0.717, 1.165) is 11.3 Å². The molecule has 0 bridgehead atoms. The molecule has 4 aromatic carbocycles. The van der Waals surface area contributed by atoms with Crippen molar-refractivity contribution in [2.24, 2.45) is 0 Å². The van der Waals surface area contributed by atoms with Gasteiger partial charge < -0.3 is 10.1 Å². The molecule has 0 saturated heterocycles. The molecule has 0 unspecified atom stereocenters. The van der Waals surface area contributed by atoms with Gasteiger partial charge in [-0.2, -0.15) is 0 Å². The molecule has 0 radical (unpaired) electrons. The Morgan fingerprint density at radius 1 is 0.895 bits per heavy atom. The van der Waals surface area contributed by atoms with E-state index in [4.69, 9.17) is 9.72 Å². The summed E-state index contributed by atoms with van der Waals surface area (Å²) in [7, 11) is 0. The summed E-state index contributed by atoms with van der Waals surface area (Å²) >= 11 is 1.23. The predicted octanol–water partition coefficient (Wildman–Crippen LogP) is 7.03. The summed E-state index contributed by atoms with van der Waals surface area (Å²) in [4.78, 5) is 31.5. The van der Waals surface area contributed by atoms with Gasteiger partial charge in [0.1, 0.15) is 5.75 Å². The molecular formula is C31H27N3O3S. The quantitative estimate of drug-likeness (QED) is 0.175. The summed E-state index contributed by atoms with van der Waals surface area (Å²) < 4.78 is 7.60. The first-order chi connectivity index (χ1) is 18.5. The Kier molecular flexibility index (Phi) is 7.56. The highest BCUT2D eigenvalue weighted by atomic mass is 32.2. The topological polar surface area (TPSA) is 73.2 Å². The van der Waals surface area contributed by atoms with Gasteiger partial charge in [0.2, 0.25) is 5.91 Å². The van der Waals surface area contributed by atoms with Crippen molar-refractivity contribution in [3.05, 3.63) is 119 Å². The number of nitrogens with zero attached hydrogens (tertiary/aromatic N) is 2. The van der Waals surface area contributed by atoms with Crippen LogP contribution in [0.1, 0.15) is 25.3 Å². The third-order valence-electron chi connectivity index (χ3n) is 6.01. The Hall–Kier alpha value is -4.36. The highest BCUT2D eigenvalue weighted by molar-refractivity contribution is 7.99. The molecule has 0 atom stereocenters. The predicted molar refractivity (Wildman–Crippen MR) is 154 cm³/mol. The average molecular weight is 522 g/mol. The number of thioether (sulfide) groups is 1. The standard InChI is InChI=1S/C31H27N3O3S/c1-21(2)23-14-7-10-18-27(23)34-30(36)24-15-6-8-16-25(24)33-31(34)38-20-29(35)32-26-17-9-11-19-28(26)37-22-12-4-3-5-13-22/h3-19,21H,20H2,1-2H3,(H,32,35). The molecule has 0 aliphatic rings. The number of benzene rings is 4. The number of anilines is 1. The lowest BCUT2D eigenvalue weighted by atomic mass is 10.0. The SMILES string of the molecule is CC(C)c1ccccc1-n1c(SCC(=O)Nc2ccccc2Oc2ccccc2)nc2ccccc2c1=O. The maximum absolute atomic E-state index is 13.7. The molecular weight excluding hydrogens is 494 g/mol. The lowest BCUT2D eigenvalue weighted by Gasteiger charge is -2.18. The number of para-hydroxylation sites is 5. The molecule has 1 N–H and O–H groups in total. The van der Waals surface area contributed by atoms with Crippen LogP contribution in [0.25, 0.3) is 16.6 Å². The minimum absolute atomic E-state index is 0.0638. The zero-order valence-electron chi connectivity index (χ0n) is 21.1. The summed E-state index contributed by atoms with van der Waals surface area (Å²) in [5.41, 5.74) is 2.81. The number of carbonyl (C=O) groups excluding carboxylic acids is 1. The van der Waals surface area contributed by atoms with Gasteiger partial charge in [0, 0.05) is 0 Å². The Labute approximate surface area is 225 Å². The van der Waals surface area contributed by atoms with Crippen LogP contribution in [0.2, 0.25) is 0 Å². The average Bonchev–Trinajstić information content (AvgIpc) is 2.94. The molecule has 38 heavy (non-hydrogen) atoms. The zero-order chi connectivity index (χ0) is 26.5. The van der Waals surface area contributed by atoms with Crippen LogP contribution in [0, 0.1) is 0 Å². The minimum atomic E-state index is -0.231. The number of carbonyl (C=O) groups is 1. The van der Waals surface area contributed by atoms with E-state index in [1.807, 2.05) is 84.9 Å². The van der Waals surface area contributed by atoms with Crippen molar-refractivity contribution in [1.29, 1.82) is 0 Å². The van der Waals surface area contributed by atoms with Crippen LogP contribution in [-0.2, 0) is 4.79 Å². The van der Waals surface area contributed by atoms with Crippen molar-refractivity contribution >= 4 is 34.3 Å². The Morgan fingerprint density at radius 3 is 2.39 bits per heavy atom. The largest absolute Gasteiger partial charge is 0.455 e. The van der Waals surface area contributed by atoms with Crippen molar-refractivity contribution in [1.82, 2.24) is 9.55 Å². The van der Waals surface area contributed by atoms with Gasteiger partial charge in [-0.15, -0.1) is 0 Å². The van der Waals surface area contributed by atoms with Gasteiger partial charge in [-0.05, 0) is 53.9 Å². The molecule has 0 saturated carbocycles. The van der Waals surface area contributed by atoms with E-state index in [2.05, 4.69) is 19.2 Å². The van der Waals surface area contributed by atoms with Crippen LogP contribution in [0.3, 0.4) is 0 Å². The summed E-state index contributed by atoms with van der Waals surface area (Å²) in [5, 5.41) is 3.94. The number of nitrogens with one attached hydrogen (secondary N) is 1. The van der Waals surface area contributed by atoms with E-state index in [-0.39, 0.29) is 23.1 Å². The second kappa shape index (κ2) is 11.4. The lowest BCUT2D eigenvalue weighted by Crippen LogP contribution is -2.24. The maximum atomic E-state index is 13.7. The summed E-state index contributed by atoms with van der Waals surface area (Å²) in [6, 6.07) is 31.8. The second-order valence-corrected chi connectivity index (χ2v) is 9.96.